The molecule has 2 rings (SSSR count). The van der Waals surface area contributed by atoms with Gasteiger partial charge in [-0.3, -0.25) is 4.90 Å². The van der Waals surface area contributed by atoms with Gasteiger partial charge in [-0.25, -0.2) is 0 Å². The Labute approximate surface area is 96.9 Å². The molecule has 0 saturated carbocycles. The van der Waals surface area contributed by atoms with E-state index in [1.54, 1.807) is 0 Å². The molecule has 1 saturated heterocycles. The van der Waals surface area contributed by atoms with Crippen LogP contribution in [0.2, 0.25) is 0 Å². The van der Waals surface area contributed by atoms with Gasteiger partial charge < -0.3 is 5.73 Å². The Balaban J connectivity index is 2.19. The van der Waals surface area contributed by atoms with Gasteiger partial charge in [-0.2, -0.15) is 5.10 Å². The lowest BCUT2D eigenvalue weighted by Gasteiger charge is -2.38. The van der Waals surface area contributed by atoms with Gasteiger partial charge in [-0.05, 0) is 45.4 Å². The van der Waals surface area contributed by atoms with Gasteiger partial charge in [0.15, 0.2) is 0 Å². The summed E-state index contributed by atoms with van der Waals surface area (Å²) in [6.45, 7) is 5.64. The quantitative estimate of drug-likeness (QED) is 0.828. The number of piperidine rings is 1. The fourth-order valence-corrected chi connectivity index (χ4v) is 2.42. The maximum atomic E-state index is 5.56. The molecule has 2 N–H and O–H groups in total. The summed E-state index contributed by atoms with van der Waals surface area (Å²) >= 11 is 0. The van der Waals surface area contributed by atoms with Crippen LogP contribution in [0.3, 0.4) is 0 Å². The zero-order valence-electron chi connectivity index (χ0n) is 10.1. The Kier molecular flexibility index (Phi) is 3.39. The molecule has 0 spiro atoms. The topological polar surface area (TPSA) is 55.0 Å². The Bertz CT molecular complexity index is 333. The van der Waals surface area contributed by atoms with Crippen LogP contribution in [-0.2, 0) is 0 Å². The predicted molar refractivity (Wildman–Crippen MR) is 64.9 cm³/mol. The highest BCUT2D eigenvalue weighted by Gasteiger charge is 2.26. The van der Waals surface area contributed by atoms with E-state index in [0.29, 0.717) is 17.9 Å². The minimum Gasteiger partial charge on any atom is -0.382 e. The Morgan fingerprint density at radius 3 is 2.75 bits per heavy atom. The molecule has 4 heteroatoms. The number of nitrogen functional groups attached to an aromatic ring is 1. The van der Waals surface area contributed by atoms with Crippen molar-refractivity contribution in [1.29, 1.82) is 0 Å². The molecule has 0 aromatic carbocycles. The van der Waals surface area contributed by atoms with Gasteiger partial charge in [0.2, 0.25) is 0 Å². The van der Waals surface area contributed by atoms with E-state index in [1.165, 1.54) is 19.3 Å². The first-order valence-corrected chi connectivity index (χ1v) is 6.03. The highest BCUT2D eigenvalue weighted by Crippen LogP contribution is 2.30. The smallest absolute Gasteiger partial charge is 0.146 e. The second-order valence-corrected chi connectivity index (χ2v) is 4.73. The van der Waals surface area contributed by atoms with Crippen LogP contribution in [0, 0.1) is 0 Å². The van der Waals surface area contributed by atoms with Crippen molar-refractivity contribution < 1.29 is 0 Å². The molecule has 1 aliphatic heterocycles. The van der Waals surface area contributed by atoms with Crippen LogP contribution in [0.5, 0.6) is 0 Å². The third-order valence-electron chi connectivity index (χ3n) is 3.25. The predicted octanol–water partition coefficient (Wildman–Crippen LogP) is 1.99. The van der Waals surface area contributed by atoms with Crippen molar-refractivity contribution in [2.45, 2.75) is 45.2 Å². The van der Waals surface area contributed by atoms with Crippen LogP contribution in [0.1, 0.15) is 44.8 Å². The van der Waals surface area contributed by atoms with E-state index in [9.17, 15) is 0 Å². The molecule has 1 fully saturated rings. The average Bonchev–Trinajstić information content (AvgIpc) is 2.30. The number of hydrogen-bond acceptors (Lipinski definition) is 4. The van der Waals surface area contributed by atoms with Crippen LogP contribution < -0.4 is 5.73 Å². The lowest BCUT2D eigenvalue weighted by molar-refractivity contribution is 0.108. The van der Waals surface area contributed by atoms with Gasteiger partial charge in [0.05, 0.1) is 11.7 Å². The summed E-state index contributed by atoms with van der Waals surface area (Å²) in [5, 5.41) is 8.17. The number of anilines is 1. The largest absolute Gasteiger partial charge is 0.382 e. The standard InChI is InChI=1S/C12H20N4/c1-9(2)16-8-4-3-5-11(16)10-6-7-12(13)15-14-10/h6-7,9,11H,3-5,8H2,1-2H3,(H2,13,15). The zero-order chi connectivity index (χ0) is 11.5. The van der Waals surface area contributed by atoms with Crippen molar-refractivity contribution in [3.05, 3.63) is 17.8 Å². The van der Waals surface area contributed by atoms with Gasteiger partial charge in [-0.15, -0.1) is 5.10 Å². The van der Waals surface area contributed by atoms with Gasteiger partial charge in [0.1, 0.15) is 5.82 Å². The highest BCUT2D eigenvalue weighted by atomic mass is 15.2. The maximum Gasteiger partial charge on any atom is 0.146 e. The molecule has 0 aliphatic carbocycles. The van der Waals surface area contributed by atoms with Crippen molar-refractivity contribution in [3.63, 3.8) is 0 Å². The molecule has 0 amide bonds. The average molecular weight is 220 g/mol. The summed E-state index contributed by atoms with van der Waals surface area (Å²) in [4.78, 5) is 2.50. The van der Waals surface area contributed by atoms with Crippen molar-refractivity contribution in [2.75, 3.05) is 12.3 Å². The van der Waals surface area contributed by atoms with Gasteiger partial charge in [-0.1, -0.05) is 6.42 Å². The molecular weight excluding hydrogens is 200 g/mol. The second kappa shape index (κ2) is 4.78. The SMILES string of the molecule is CC(C)N1CCCCC1c1ccc(N)nn1. The molecule has 1 aliphatic rings. The van der Waals surface area contributed by atoms with E-state index in [2.05, 4.69) is 28.9 Å². The van der Waals surface area contributed by atoms with E-state index in [-0.39, 0.29) is 0 Å². The van der Waals surface area contributed by atoms with Crippen molar-refractivity contribution in [1.82, 2.24) is 15.1 Å². The van der Waals surface area contributed by atoms with Crippen LogP contribution in [-0.4, -0.2) is 27.7 Å². The fourth-order valence-electron chi connectivity index (χ4n) is 2.42. The highest BCUT2D eigenvalue weighted by molar-refractivity contribution is 5.26. The molecule has 1 aromatic rings. The molecule has 88 valence electrons. The lowest BCUT2D eigenvalue weighted by Crippen LogP contribution is -2.38. The number of aromatic nitrogens is 2. The minimum atomic E-state index is 0.418. The Hall–Kier alpha value is -1.16. The normalized spacial score (nSPS) is 22.6. The third kappa shape index (κ3) is 2.32. The summed E-state index contributed by atoms with van der Waals surface area (Å²) < 4.78 is 0. The molecule has 1 unspecified atom stereocenters. The van der Waals surface area contributed by atoms with Crippen LogP contribution >= 0.6 is 0 Å². The van der Waals surface area contributed by atoms with Crippen molar-refractivity contribution in [3.8, 4) is 0 Å². The lowest BCUT2D eigenvalue weighted by atomic mass is 9.97. The van der Waals surface area contributed by atoms with Crippen LogP contribution in [0.25, 0.3) is 0 Å². The van der Waals surface area contributed by atoms with E-state index < -0.39 is 0 Å². The fraction of sp³-hybridized carbons (Fsp3) is 0.667. The molecular formula is C12H20N4. The van der Waals surface area contributed by atoms with E-state index in [1.807, 2.05) is 12.1 Å². The Morgan fingerprint density at radius 1 is 1.31 bits per heavy atom. The monoisotopic (exact) mass is 220 g/mol. The number of nitrogens with two attached hydrogens (primary N) is 1. The maximum absolute atomic E-state index is 5.56. The summed E-state index contributed by atoms with van der Waals surface area (Å²) in [5.74, 6) is 0.496. The molecule has 0 bridgehead atoms. The molecule has 4 nitrogen and oxygen atoms in total. The number of nitrogens with zero attached hydrogens (tertiary/aromatic N) is 3. The number of likely N-dealkylation sites (tertiary alicyclic amines) is 1. The van der Waals surface area contributed by atoms with Gasteiger partial charge in [0.25, 0.3) is 0 Å². The molecule has 2 heterocycles. The van der Waals surface area contributed by atoms with Gasteiger partial charge in [0, 0.05) is 6.04 Å². The summed E-state index contributed by atoms with van der Waals surface area (Å²) in [6, 6.07) is 4.83. The number of hydrogen-bond donors (Lipinski definition) is 1. The van der Waals surface area contributed by atoms with E-state index >= 15 is 0 Å². The van der Waals surface area contributed by atoms with Crippen LogP contribution in [0.4, 0.5) is 5.82 Å². The second-order valence-electron chi connectivity index (χ2n) is 4.73. The van der Waals surface area contributed by atoms with Crippen molar-refractivity contribution in [2.24, 2.45) is 0 Å². The van der Waals surface area contributed by atoms with Gasteiger partial charge >= 0.3 is 0 Å². The first-order chi connectivity index (χ1) is 7.68. The zero-order valence-corrected chi connectivity index (χ0v) is 10.1. The van der Waals surface area contributed by atoms with E-state index in [0.717, 1.165) is 12.2 Å². The summed E-state index contributed by atoms with van der Waals surface area (Å²) in [6.07, 6.45) is 3.74. The van der Waals surface area contributed by atoms with Crippen molar-refractivity contribution >= 4 is 5.82 Å². The first kappa shape index (κ1) is 11.3. The molecule has 1 aromatic heterocycles. The third-order valence-corrected chi connectivity index (χ3v) is 3.25. The minimum absolute atomic E-state index is 0.418. The Morgan fingerprint density at radius 2 is 2.12 bits per heavy atom. The molecule has 1 atom stereocenters. The van der Waals surface area contributed by atoms with Crippen LogP contribution in [0.15, 0.2) is 12.1 Å². The van der Waals surface area contributed by atoms with E-state index in [4.69, 9.17) is 5.73 Å². The summed E-state index contributed by atoms with van der Waals surface area (Å²) in [7, 11) is 0. The first-order valence-electron chi connectivity index (χ1n) is 6.03. The summed E-state index contributed by atoms with van der Waals surface area (Å²) in [5.41, 5.74) is 6.62. The molecule has 16 heavy (non-hydrogen) atoms. The number of rotatable bonds is 2. The molecule has 0 radical (unpaired) electrons.